The van der Waals surface area contributed by atoms with E-state index in [2.05, 4.69) is 97.9 Å². The minimum atomic E-state index is -2.61. The van der Waals surface area contributed by atoms with Crippen LogP contribution in [0.5, 0.6) is 0 Å². The maximum absolute atomic E-state index is 4.95. The molecule has 0 N–H and O–H groups in total. The van der Waals surface area contributed by atoms with Gasteiger partial charge < -0.3 is 0 Å². The fraction of sp³-hybridized carbons (Fsp3) is 0.333. The van der Waals surface area contributed by atoms with E-state index in [1.807, 2.05) is 0 Å². The van der Waals surface area contributed by atoms with Crippen molar-refractivity contribution < 1.29 is 9.20 Å². The van der Waals surface area contributed by atoms with E-state index >= 15 is 0 Å². The molecule has 3 rings (SSSR count). The monoisotopic (exact) mass is 585 g/mol. The topological polar surface area (TPSA) is 0 Å². The predicted molar refractivity (Wildman–Crippen MR) is 151 cm³/mol. The molecule has 183 valence electrons. The van der Waals surface area contributed by atoms with E-state index < -0.39 is 16.5 Å². The van der Waals surface area contributed by atoms with Gasteiger partial charge in [-0.1, -0.05) is 93.6 Å². The zero-order valence-corrected chi connectivity index (χ0v) is 24.2. The number of unbranched alkanes of at least 4 members (excludes halogenated alkanes) is 6. The molecule has 0 spiro atoms. The molecule has 0 atom stereocenters. The van der Waals surface area contributed by atoms with Gasteiger partial charge in [-0.2, -0.15) is 0 Å². The third-order valence-corrected chi connectivity index (χ3v) is 10.2. The van der Waals surface area contributed by atoms with Gasteiger partial charge in [0.25, 0.3) is 0 Å². The molecule has 3 aromatic rings. The Labute approximate surface area is 220 Å². The summed E-state index contributed by atoms with van der Waals surface area (Å²) in [6, 6.07) is 33.8. The normalized spacial score (nSPS) is 12.0. The maximum atomic E-state index is 4.95. The van der Waals surface area contributed by atoms with Crippen molar-refractivity contribution in [2.24, 2.45) is 0 Å². The summed E-state index contributed by atoms with van der Waals surface area (Å²) in [6.45, 7) is 2.29. The molecule has 0 unspecified atom stereocenters. The predicted octanol–water partition coefficient (Wildman–Crippen LogP) is 9.49. The SMILES string of the molecule is CCCCCCCCC[P+](c1ccccc1)(c1ccccc1)c1ccccc1.[Cl][Fe-]([Cl])([Cl])[Cl]. The Morgan fingerprint density at radius 1 is 0.515 bits per heavy atom. The van der Waals surface area contributed by atoms with Gasteiger partial charge in [0.05, 0.1) is 6.16 Å². The summed E-state index contributed by atoms with van der Waals surface area (Å²) < 4.78 is 0. The Morgan fingerprint density at radius 3 is 1.15 bits per heavy atom. The van der Waals surface area contributed by atoms with Crippen LogP contribution in [0.4, 0.5) is 0 Å². The number of benzene rings is 3. The molecule has 0 aromatic heterocycles. The van der Waals surface area contributed by atoms with Crippen LogP contribution in [0, 0.1) is 0 Å². The molecule has 0 fully saturated rings. The second kappa shape index (κ2) is 15.7. The molecule has 0 aliphatic heterocycles. The van der Waals surface area contributed by atoms with E-state index in [1.54, 1.807) is 0 Å². The van der Waals surface area contributed by atoms with Gasteiger partial charge >= 0.3 is 49.6 Å². The van der Waals surface area contributed by atoms with Crippen LogP contribution >= 0.6 is 47.7 Å². The molecule has 0 amide bonds. The standard InChI is InChI=1S/C27H34P.4ClH.Fe/c1-2-3-4-5-6-7-17-24-28(25-18-11-8-12-19-25,26-20-13-9-14-21-26)27-22-15-10-16-23-27;;;;;/h8-16,18-23H,2-7,17,24H2,1H3;4*1H;/q+1;;;;;+3/p-4. The van der Waals surface area contributed by atoms with Gasteiger partial charge in [-0.05, 0) is 49.2 Å². The Balaban J connectivity index is 0.000000696. The van der Waals surface area contributed by atoms with Crippen molar-refractivity contribution in [3.05, 3.63) is 91.0 Å². The van der Waals surface area contributed by atoms with Crippen LogP contribution in [0.25, 0.3) is 0 Å². The first-order valence-corrected chi connectivity index (χ1v) is 19.5. The quantitative estimate of drug-likeness (QED) is 0.119. The van der Waals surface area contributed by atoms with Crippen molar-refractivity contribution >= 4 is 63.6 Å². The van der Waals surface area contributed by atoms with Crippen LogP contribution in [0.3, 0.4) is 0 Å². The van der Waals surface area contributed by atoms with Crippen LogP contribution in [0.2, 0.25) is 0 Å². The van der Waals surface area contributed by atoms with Crippen molar-refractivity contribution in [3.63, 3.8) is 0 Å². The molecule has 3 aromatic carbocycles. The third kappa shape index (κ3) is 10.5. The van der Waals surface area contributed by atoms with Crippen LogP contribution < -0.4 is 15.9 Å². The van der Waals surface area contributed by atoms with Gasteiger partial charge in [0, 0.05) is 0 Å². The van der Waals surface area contributed by atoms with Crippen molar-refractivity contribution in [2.75, 3.05) is 6.16 Å². The van der Waals surface area contributed by atoms with Gasteiger partial charge in [0.1, 0.15) is 23.2 Å². The minimum absolute atomic E-state index is 1.26. The summed E-state index contributed by atoms with van der Waals surface area (Å²) in [7, 11) is 15.6. The second-order valence-electron chi connectivity index (χ2n) is 7.96. The molecule has 0 aliphatic rings. The molecular weight excluding hydrogens is 553 g/mol. The number of halogens is 4. The first-order valence-electron chi connectivity index (χ1n) is 11.5. The zero-order valence-electron chi connectivity index (χ0n) is 19.1. The summed E-state index contributed by atoms with van der Waals surface area (Å²) in [5.41, 5.74) is 0. The summed E-state index contributed by atoms with van der Waals surface area (Å²) in [5.74, 6) is 0. The average Bonchev–Trinajstić information content (AvgIpc) is 2.82. The Hall–Kier alpha value is -0.231. The number of hydrogen-bond acceptors (Lipinski definition) is 0. The molecule has 6 heteroatoms. The van der Waals surface area contributed by atoms with Crippen molar-refractivity contribution in [1.29, 1.82) is 0 Å². The third-order valence-electron chi connectivity index (χ3n) is 5.69. The van der Waals surface area contributed by atoms with E-state index in [0.717, 1.165) is 0 Å². The fourth-order valence-corrected chi connectivity index (χ4v) is 8.60. The summed E-state index contributed by atoms with van der Waals surface area (Å²) in [4.78, 5) is 0. The molecule has 0 radical (unpaired) electrons. The number of rotatable bonds is 11. The molecular formula is C27H34Cl4FeP. The molecule has 0 saturated heterocycles. The first-order chi connectivity index (χ1) is 15.9. The van der Waals surface area contributed by atoms with Crippen molar-refractivity contribution in [3.8, 4) is 0 Å². The first kappa shape index (κ1) is 29.0. The molecule has 0 bridgehead atoms. The van der Waals surface area contributed by atoms with Crippen molar-refractivity contribution in [1.82, 2.24) is 0 Å². The second-order valence-corrected chi connectivity index (χ2v) is 22.5. The van der Waals surface area contributed by atoms with E-state index in [9.17, 15) is 0 Å². The fourth-order valence-electron chi connectivity index (χ4n) is 4.19. The molecule has 0 aliphatic carbocycles. The Morgan fingerprint density at radius 2 is 0.818 bits per heavy atom. The summed E-state index contributed by atoms with van der Waals surface area (Å²) in [6.07, 6.45) is 10.8. The van der Waals surface area contributed by atoms with Gasteiger partial charge in [0.2, 0.25) is 0 Å². The van der Waals surface area contributed by atoms with Gasteiger partial charge in [-0.15, -0.1) is 0 Å². The van der Waals surface area contributed by atoms with Gasteiger partial charge in [-0.25, -0.2) is 0 Å². The van der Waals surface area contributed by atoms with Crippen LogP contribution in [-0.4, -0.2) is 6.16 Å². The van der Waals surface area contributed by atoms with E-state index in [-0.39, 0.29) is 0 Å². The van der Waals surface area contributed by atoms with Crippen LogP contribution in [0.15, 0.2) is 91.0 Å². The van der Waals surface area contributed by atoms with E-state index in [4.69, 9.17) is 40.4 Å². The van der Waals surface area contributed by atoms with E-state index in [1.165, 1.54) is 67.0 Å². The molecule has 0 nitrogen and oxygen atoms in total. The van der Waals surface area contributed by atoms with Crippen LogP contribution in [0.1, 0.15) is 51.9 Å². The number of hydrogen-bond donors (Lipinski definition) is 0. The van der Waals surface area contributed by atoms with Gasteiger partial charge in [-0.3, -0.25) is 0 Å². The summed E-state index contributed by atoms with van der Waals surface area (Å²) in [5, 5.41) is 4.54. The Kier molecular flexibility index (Phi) is 13.8. The average molecular weight is 587 g/mol. The Bertz CT molecular complexity index is 784. The van der Waals surface area contributed by atoms with Crippen molar-refractivity contribution in [2.45, 2.75) is 51.9 Å². The van der Waals surface area contributed by atoms with Crippen LogP contribution in [-0.2, 0) is 9.20 Å². The molecule has 0 heterocycles. The molecule has 0 saturated carbocycles. The van der Waals surface area contributed by atoms with Gasteiger partial charge in [0.15, 0.2) is 0 Å². The zero-order chi connectivity index (χ0) is 24.0. The molecule has 33 heavy (non-hydrogen) atoms. The summed E-state index contributed by atoms with van der Waals surface area (Å²) >= 11 is 0. The van der Waals surface area contributed by atoms with E-state index in [0.29, 0.717) is 0 Å².